The number of carbonyl (C=O) groups excluding carboxylic acids is 8. The number of nitrogens with one attached hydrogen (secondary N) is 7. The van der Waals surface area contributed by atoms with E-state index in [1.165, 1.54) is 6.92 Å². The summed E-state index contributed by atoms with van der Waals surface area (Å²) in [6.07, 6.45) is -4.59. The number of nitrogens with two attached hydrogens (primary N) is 4. The lowest BCUT2D eigenvalue weighted by Gasteiger charge is -2.29. The van der Waals surface area contributed by atoms with Gasteiger partial charge in [0, 0.05) is 19.3 Å². The standard InChI is InChI=1S/C41H71N11O17/c1-4-20(2)33(40(67)49-25(12-15-30(57)58)35(62)50-26(41(68)69)13-16-31(59)60)52-37(64)23(10-6-8-18-43)46-34(61)22(9-5-7-17-42)47-38(65)27(19-28(44)54)51-36(63)24(11-14-29(55)56)48-39(66)32(45)21(3)53/h20-27,32-33,53H,4-19,42-43,45H2,1-3H3,(H2,44,54)(H,46,61)(H,47,65)(H,48,66)(H,49,67)(H,50,62)(H,51,63)(H,52,64)(H,55,56)(H,57,58)(H,59,60)(H,68,69). The van der Waals surface area contributed by atoms with E-state index in [4.69, 9.17) is 28.0 Å². The summed E-state index contributed by atoms with van der Waals surface area (Å²) in [6.45, 7) is 4.75. The quantitative estimate of drug-likeness (QED) is 0.0259. The number of amides is 8. The highest BCUT2D eigenvalue weighted by molar-refractivity contribution is 5.99. The Bertz CT molecular complexity index is 1790. The van der Waals surface area contributed by atoms with Gasteiger partial charge in [0.25, 0.3) is 0 Å². The summed E-state index contributed by atoms with van der Waals surface area (Å²) >= 11 is 0. The van der Waals surface area contributed by atoms with Crippen LogP contribution in [0.15, 0.2) is 0 Å². The number of unbranched alkanes of at least 4 members (excludes halogenated alkanes) is 2. The summed E-state index contributed by atoms with van der Waals surface area (Å²) in [5.74, 6) is -14.9. The van der Waals surface area contributed by atoms with Crippen LogP contribution in [-0.4, -0.2) is 164 Å². The largest absolute Gasteiger partial charge is 0.481 e. The van der Waals surface area contributed by atoms with Crippen molar-refractivity contribution in [1.29, 1.82) is 0 Å². The predicted molar refractivity (Wildman–Crippen MR) is 240 cm³/mol. The average Bonchev–Trinajstić information content (AvgIpc) is 3.27. The zero-order valence-corrected chi connectivity index (χ0v) is 39.0. The molecule has 28 heteroatoms. The molecule has 0 saturated carbocycles. The van der Waals surface area contributed by atoms with Gasteiger partial charge in [0.1, 0.15) is 48.3 Å². The average molecular weight is 990 g/mol. The third kappa shape index (κ3) is 25.4. The van der Waals surface area contributed by atoms with E-state index in [0.29, 0.717) is 12.8 Å². The molecule has 10 unspecified atom stereocenters. The molecule has 0 aromatic carbocycles. The van der Waals surface area contributed by atoms with Crippen molar-refractivity contribution in [3.05, 3.63) is 0 Å². The molecule has 0 radical (unpaired) electrons. The van der Waals surface area contributed by atoms with Gasteiger partial charge < -0.3 is 85.7 Å². The van der Waals surface area contributed by atoms with Crippen molar-refractivity contribution >= 4 is 71.1 Å². The number of carbonyl (C=O) groups is 12. The number of carboxylic acids is 4. The highest BCUT2D eigenvalue weighted by Gasteiger charge is 2.36. The van der Waals surface area contributed by atoms with Crippen molar-refractivity contribution in [2.45, 2.75) is 165 Å². The molecule has 0 bridgehead atoms. The number of carboxylic acid groups (broad SMARTS) is 4. The summed E-state index contributed by atoms with van der Waals surface area (Å²) in [6, 6.07) is -12.8. The fourth-order valence-corrected chi connectivity index (χ4v) is 6.33. The van der Waals surface area contributed by atoms with Crippen LogP contribution >= 0.6 is 0 Å². The lowest BCUT2D eigenvalue weighted by molar-refractivity contribution is -0.144. The van der Waals surface area contributed by atoms with Crippen LogP contribution in [0.4, 0.5) is 0 Å². The minimum absolute atomic E-state index is 0.0772. The molecule has 8 amide bonds. The van der Waals surface area contributed by atoms with Crippen LogP contribution in [0.3, 0.4) is 0 Å². The predicted octanol–water partition coefficient (Wildman–Crippen LogP) is -5.05. The molecule has 0 aromatic rings. The smallest absolute Gasteiger partial charge is 0.326 e. The Morgan fingerprint density at radius 2 is 0.797 bits per heavy atom. The van der Waals surface area contributed by atoms with Gasteiger partial charge in [-0.25, -0.2) is 4.79 Å². The zero-order chi connectivity index (χ0) is 53.0. The second-order valence-corrected chi connectivity index (χ2v) is 16.4. The summed E-state index contributed by atoms with van der Waals surface area (Å²) in [5, 5.41) is 63.2. The van der Waals surface area contributed by atoms with Crippen LogP contribution in [0.5, 0.6) is 0 Å². The van der Waals surface area contributed by atoms with Crippen molar-refractivity contribution < 1.29 is 83.1 Å². The fraction of sp³-hybridized carbons (Fsp3) is 0.707. The van der Waals surface area contributed by atoms with E-state index in [1.54, 1.807) is 13.8 Å². The van der Waals surface area contributed by atoms with Crippen LogP contribution in [-0.2, 0) is 57.5 Å². The molecule has 0 heterocycles. The van der Waals surface area contributed by atoms with Crippen molar-refractivity contribution in [2.24, 2.45) is 28.9 Å². The topological polar surface area (TPSA) is 494 Å². The first-order chi connectivity index (χ1) is 32.3. The fourth-order valence-electron chi connectivity index (χ4n) is 6.33. The summed E-state index contributed by atoms with van der Waals surface area (Å²) in [4.78, 5) is 153. The highest BCUT2D eigenvalue weighted by atomic mass is 16.4. The van der Waals surface area contributed by atoms with Gasteiger partial charge in [-0.1, -0.05) is 20.3 Å². The molecule has 0 aliphatic rings. The Morgan fingerprint density at radius 1 is 0.464 bits per heavy atom. The summed E-state index contributed by atoms with van der Waals surface area (Å²) < 4.78 is 0. The molecule has 0 fully saturated rings. The maximum absolute atomic E-state index is 14.1. The Balaban J connectivity index is 6.75. The first kappa shape index (κ1) is 62.5. The van der Waals surface area contributed by atoms with E-state index in [9.17, 15) is 78.0 Å². The van der Waals surface area contributed by atoms with E-state index in [2.05, 4.69) is 37.2 Å². The van der Waals surface area contributed by atoms with E-state index in [0.717, 1.165) is 0 Å². The molecule has 69 heavy (non-hydrogen) atoms. The molecular weight excluding hydrogens is 919 g/mol. The third-order valence-corrected chi connectivity index (χ3v) is 10.6. The lowest BCUT2D eigenvalue weighted by Crippen LogP contribution is -2.61. The van der Waals surface area contributed by atoms with Crippen molar-refractivity contribution in [1.82, 2.24) is 37.2 Å². The molecule has 0 aliphatic carbocycles. The number of aliphatic hydroxyl groups is 1. The van der Waals surface area contributed by atoms with Crippen LogP contribution < -0.4 is 60.2 Å². The second-order valence-electron chi connectivity index (χ2n) is 16.4. The first-order valence-corrected chi connectivity index (χ1v) is 22.4. The molecule has 0 aromatic heterocycles. The van der Waals surface area contributed by atoms with Gasteiger partial charge in [0.15, 0.2) is 0 Å². The molecule has 392 valence electrons. The summed E-state index contributed by atoms with van der Waals surface area (Å²) in [7, 11) is 0. The highest BCUT2D eigenvalue weighted by Crippen LogP contribution is 2.13. The number of rotatable bonds is 37. The molecule has 10 atom stereocenters. The van der Waals surface area contributed by atoms with Gasteiger partial charge in [-0.15, -0.1) is 0 Å². The second kappa shape index (κ2) is 33.1. The SMILES string of the molecule is CCC(C)C(NC(=O)C(CCCCN)NC(=O)C(CCCCN)NC(=O)C(CC(N)=O)NC(=O)C(CCC(=O)O)NC(=O)C(N)C(C)O)C(=O)NC(CCC(=O)O)C(=O)NC(CCC(=O)O)C(=O)O. The van der Waals surface area contributed by atoms with Crippen LogP contribution in [0.25, 0.3) is 0 Å². The Kier molecular flexibility index (Phi) is 29.9. The van der Waals surface area contributed by atoms with E-state index in [1.807, 2.05) is 0 Å². The minimum atomic E-state index is -1.81. The Hall–Kier alpha value is -6.52. The number of hydrogen-bond donors (Lipinski definition) is 16. The van der Waals surface area contributed by atoms with Gasteiger partial charge in [-0.2, -0.15) is 0 Å². The maximum atomic E-state index is 14.1. The van der Waals surface area contributed by atoms with Crippen molar-refractivity contribution in [2.75, 3.05) is 13.1 Å². The van der Waals surface area contributed by atoms with E-state index in [-0.39, 0.29) is 45.2 Å². The van der Waals surface area contributed by atoms with Gasteiger partial charge in [0.05, 0.1) is 12.5 Å². The molecular formula is C41H71N11O17. The number of aliphatic carboxylic acids is 4. The maximum Gasteiger partial charge on any atom is 0.326 e. The van der Waals surface area contributed by atoms with Gasteiger partial charge >= 0.3 is 23.9 Å². The summed E-state index contributed by atoms with van der Waals surface area (Å²) in [5.41, 5.74) is 22.4. The Morgan fingerprint density at radius 3 is 1.16 bits per heavy atom. The van der Waals surface area contributed by atoms with Crippen LogP contribution in [0.2, 0.25) is 0 Å². The van der Waals surface area contributed by atoms with Crippen molar-refractivity contribution in [3.8, 4) is 0 Å². The van der Waals surface area contributed by atoms with Crippen LogP contribution in [0, 0.1) is 5.92 Å². The molecule has 0 spiro atoms. The van der Waals surface area contributed by atoms with Gasteiger partial charge in [-0.3, -0.25) is 52.7 Å². The van der Waals surface area contributed by atoms with E-state index >= 15 is 0 Å². The molecule has 0 aliphatic heterocycles. The molecule has 20 N–H and O–H groups in total. The Labute approximate surface area is 397 Å². The van der Waals surface area contributed by atoms with Gasteiger partial charge in [-0.05, 0) is 83.7 Å². The van der Waals surface area contributed by atoms with Crippen LogP contribution in [0.1, 0.15) is 111 Å². The first-order valence-electron chi connectivity index (χ1n) is 22.4. The number of primary amides is 1. The minimum Gasteiger partial charge on any atom is -0.481 e. The normalized spacial score (nSPS) is 15.3. The monoisotopic (exact) mass is 990 g/mol. The van der Waals surface area contributed by atoms with Gasteiger partial charge in [0.2, 0.25) is 47.3 Å². The third-order valence-electron chi connectivity index (χ3n) is 10.6. The lowest BCUT2D eigenvalue weighted by atomic mass is 9.96. The number of hydrogen-bond acceptors (Lipinski definition) is 16. The molecule has 28 nitrogen and oxygen atoms in total. The zero-order valence-electron chi connectivity index (χ0n) is 39.0. The molecule has 0 saturated heterocycles. The van der Waals surface area contributed by atoms with Crippen molar-refractivity contribution in [3.63, 3.8) is 0 Å². The molecule has 0 rings (SSSR count). The number of aliphatic hydroxyl groups excluding tert-OH is 1. The van der Waals surface area contributed by atoms with E-state index < -0.39 is 176 Å².